The van der Waals surface area contributed by atoms with Crippen molar-refractivity contribution in [2.24, 2.45) is 5.41 Å². The van der Waals surface area contributed by atoms with E-state index in [2.05, 4.69) is 15.1 Å². The fourth-order valence-corrected chi connectivity index (χ4v) is 7.15. The Bertz CT molecular complexity index is 1640. The summed E-state index contributed by atoms with van der Waals surface area (Å²) in [7, 11) is -3.81. The number of halogens is 1. The van der Waals surface area contributed by atoms with Crippen LogP contribution in [-0.4, -0.2) is 50.7 Å². The number of aliphatic hydroxyl groups excluding tert-OH is 1. The number of sulfonamides is 1. The lowest BCUT2D eigenvalue weighted by atomic mass is 9.65. The van der Waals surface area contributed by atoms with Gasteiger partial charge in [-0.2, -0.15) is 9.40 Å². The number of hydrogen-bond donors (Lipinski definition) is 1. The maximum atomic E-state index is 13.7. The molecule has 0 radical (unpaired) electrons. The highest BCUT2D eigenvalue weighted by atomic mass is 32.2. The summed E-state index contributed by atoms with van der Waals surface area (Å²) in [6.07, 6.45) is 6.45. The van der Waals surface area contributed by atoms with Gasteiger partial charge >= 0.3 is 0 Å². The topological polar surface area (TPSA) is 101 Å². The average molecular weight is 532 g/mol. The Hall–Kier alpha value is -3.73. The van der Waals surface area contributed by atoms with Crippen molar-refractivity contribution in [2.45, 2.75) is 30.8 Å². The van der Waals surface area contributed by atoms with Crippen molar-refractivity contribution in [1.82, 2.24) is 24.1 Å². The number of fused-ring (bicyclic) bond motifs is 2. The Morgan fingerprint density at radius 3 is 2.58 bits per heavy atom. The number of aromatic nitrogens is 4. The molecule has 2 aromatic carbocycles. The summed E-state index contributed by atoms with van der Waals surface area (Å²) in [5, 5.41) is 16.3. The molecular formula is C28H26FN5O3S. The van der Waals surface area contributed by atoms with Crippen LogP contribution in [0.2, 0.25) is 0 Å². The van der Waals surface area contributed by atoms with Crippen LogP contribution in [0.15, 0.2) is 83.7 Å². The molecule has 2 aliphatic rings. The van der Waals surface area contributed by atoms with Crippen LogP contribution in [0.4, 0.5) is 4.39 Å². The quantitative estimate of drug-likeness (QED) is 0.420. The van der Waals surface area contributed by atoms with Gasteiger partial charge in [-0.15, -0.1) is 0 Å². The fourth-order valence-electron chi connectivity index (χ4n) is 5.54. The largest absolute Gasteiger partial charge is 0.384 e. The zero-order valence-corrected chi connectivity index (χ0v) is 21.5. The van der Waals surface area contributed by atoms with Crippen molar-refractivity contribution < 1.29 is 17.9 Å². The van der Waals surface area contributed by atoms with Crippen molar-refractivity contribution in [3.63, 3.8) is 0 Å². The molecule has 194 valence electrons. The van der Waals surface area contributed by atoms with Crippen molar-refractivity contribution >= 4 is 16.1 Å². The molecular weight excluding hydrogens is 505 g/mol. The van der Waals surface area contributed by atoms with E-state index < -0.39 is 21.5 Å². The molecule has 0 spiro atoms. The molecule has 1 aliphatic heterocycles. The second-order valence-corrected chi connectivity index (χ2v) is 11.8. The molecule has 3 heterocycles. The average Bonchev–Trinajstić information content (AvgIpc) is 3.34. The third-order valence-corrected chi connectivity index (χ3v) is 9.33. The minimum absolute atomic E-state index is 0.0652. The van der Waals surface area contributed by atoms with Gasteiger partial charge in [0.1, 0.15) is 11.9 Å². The summed E-state index contributed by atoms with van der Waals surface area (Å²) in [6, 6.07) is 14.6. The van der Waals surface area contributed by atoms with E-state index >= 15 is 0 Å². The molecule has 38 heavy (non-hydrogen) atoms. The second-order valence-electron chi connectivity index (χ2n) is 9.86. The SMILES string of the molecule is Cc1cccc(S(=O)(=O)N2CCC3=Cc4c(cnn4-c4ccc(F)cc4)C[C@]3(C(O)c3ncccn3)C2)c1. The standard InChI is InChI=1S/C28H26FN5O3S/c1-19-4-2-5-24(14-19)38(36,37)33-13-10-21-15-25-20(17-32-34(25)23-8-6-22(29)7-9-23)16-28(21,18-33)26(35)27-30-11-3-12-31-27/h2-9,11-12,14-15,17,26,35H,10,13,16,18H2,1H3/t26?,28-/m0/s1. The van der Waals surface area contributed by atoms with Crippen LogP contribution in [-0.2, 0) is 16.4 Å². The molecule has 0 bridgehead atoms. The molecule has 2 atom stereocenters. The van der Waals surface area contributed by atoms with Gasteiger partial charge in [-0.1, -0.05) is 17.7 Å². The van der Waals surface area contributed by atoms with Gasteiger partial charge < -0.3 is 5.11 Å². The lowest BCUT2D eigenvalue weighted by molar-refractivity contribution is 0.0156. The van der Waals surface area contributed by atoms with Gasteiger partial charge in [-0.25, -0.2) is 27.5 Å². The minimum atomic E-state index is -3.81. The molecule has 1 unspecified atom stereocenters. The van der Waals surface area contributed by atoms with Crippen molar-refractivity contribution in [3.05, 3.63) is 107 Å². The normalized spacial score (nSPS) is 20.3. The van der Waals surface area contributed by atoms with E-state index in [1.807, 2.05) is 19.1 Å². The van der Waals surface area contributed by atoms with Gasteiger partial charge in [0.05, 0.1) is 22.5 Å². The number of hydrogen-bond acceptors (Lipinski definition) is 6. The molecule has 6 rings (SSSR count). The monoisotopic (exact) mass is 531 g/mol. The van der Waals surface area contributed by atoms with Crippen LogP contribution in [0.25, 0.3) is 11.8 Å². The van der Waals surface area contributed by atoms with Gasteiger partial charge in [-0.3, -0.25) is 0 Å². The van der Waals surface area contributed by atoms with Gasteiger partial charge in [0, 0.05) is 30.9 Å². The van der Waals surface area contributed by atoms with Crippen LogP contribution in [0, 0.1) is 18.2 Å². The number of aryl methyl sites for hydroxylation is 1. The Balaban J connectivity index is 1.45. The van der Waals surface area contributed by atoms with Crippen LogP contribution in [0.1, 0.15) is 35.2 Å². The van der Waals surface area contributed by atoms with Crippen LogP contribution >= 0.6 is 0 Å². The zero-order valence-electron chi connectivity index (χ0n) is 20.7. The maximum absolute atomic E-state index is 13.7. The molecule has 0 amide bonds. The molecule has 4 aromatic rings. The number of nitrogens with zero attached hydrogens (tertiary/aromatic N) is 5. The van der Waals surface area contributed by atoms with Gasteiger partial charge in [-0.05, 0) is 79.4 Å². The third-order valence-electron chi connectivity index (χ3n) is 7.48. The van der Waals surface area contributed by atoms with E-state index in [-0.39, 0.29) is 29.6 Å². The van der Waals surface area contributed by atoms with E-state index in [0.717, 1.165) is 22.4 Å². The summed E-state index contributed by atoms with van der Waals surface area (Å²) >= 11 is 0. The van der Waals surface area contributed by atoms with Crippen molar-refractivity contribution in [2.75, 3.05) is 13.1 Å². The number of piperidine rings is 1. The predicted molar refractivity (Wildman–Crippen MR) is 139 cm³/mol. The molecule has 2 aromatic heterocycles. The van der Waals surface area contributed by atoms with Crippen LogP contribution < -0.4 is 0 Å². The fraction of sp³-hybridized carbons (Fsp3) is 0.250. The smallest absolute Gasteiger partial charge is 0.243 e. The number of aliphatic hydroxyl groups is 1. The van der Waals surface area contributed by atoms with E-state index in [1.165, 1.54) is 16.4 Å². The van der Waals surface area contributed by atoms with Crippen LogP contribution in [0.3, 0.4) is 0 Å². The van der Waals surface area contributed by atoms with Gasteiger partial charge in [0.25, 0.3) is 0 Å². The molecule has 1 fully saturated rings. The summed E-state index contributed by atoms with van der Waals surface area (Å²) in [5.74, 6) is -0.0945. The van der Waals surface area contributed by atoms with E-state index in [4.69, 9.17) is 0 Å². The van der Waals surface area contributed by atoms with Crippen molar-refractivity contribution in [1.29, 1.82) is 0 Å². The Labute approximate surface area is 220 Å². The molecule has 10 heteroatoms. The highest BCUT2D eigenvalue weighted by molar-refractivity contribution is 7.89. The second kappa shape index (κ2) is 9.23. The zero-order chi connectivity index (χ0) is 26.5. The lowest BCUT2D eigenvalue weighted by Crippen LogP contribution is -2.52. The Kier molecular flexibility index (Phi) is 5.97. The maximum Gasteiger partial charge on any atom is 0.243 e. The van der Waals surface area contributed by atoms with E-state index in [9.17, 15) is 17.9 Å². The molecule has 1 N–H and O–H groups in total. The first-order valence-electron chi connectivity index (χ1n) is 12.3. The van der Waals surface area contributed by atoms with Gasteiger partial charge in [0.15, 0.2) is 5.82 Å². The number of rotatable bonds is 5. The summed E-state index contributed by atoms with van der Waals surface area (Å²) in [4.78, 5) is 8.83. The van der Waals surface area contributed by atoms with Crippen LogP contribution in [0.5, 0.6) is 0 Å². The summed E-state index contributed by atoms with van der Waals surface area (Å²) in [6.45, 7) is 2.19. The molecule has 1 aliphatic carbocycles. The third kappa shape index (κ3) is 4.05. The molecule has 8 nitrogen and oxygen atoms in total. The first-order chi connectivity index (χ1) is 18.3. The Morgan fingerprint density at radius 2 is 1.84 bits per heavy atom. The number of benzene rings is 2. The first-order valence-corrected chi connectivity index (χ1v) is 13.8. The summed E-state index contributed by atoms with van der Waals surface area (Å²) < 4.78 is 44.2. The van der Waals surface area contributed by atoms with E-state index in [0.29, 0.717) is 18.5 Å². The summed E-state index contributed by atoms with van der Waals surface area (Å²) in [5.41, 5.74) is 3.17. The minimum Gasteiger partial charge on any atom is -0.384 e. The Morgan fingerprint density at radius 1 is 1.08 bits per heavy atom. The molecule has 1 saturated heterocycles. The predicted octanol–water partition coefficient (Wildman–Crippen LogP) is 3.86. The van der Waals surface area contributed by atoms with Gasteiger partial charge in [0.2, 0.25) is 10.0 Å². The van der Waals surface area contributed by atoms with Crippen molar-refractivity contribution in [3.8, 4) is 5.69 Å². The highest BCUT2D eigenvalue weighted by Crippen LogP contribution is 2.51. The highest BCUT2D eigenvalue weighted by Gasteiger charge is 2.51. The lowest BCUT2D eigenvalue weighted by Gasteiger charge is -2.48. The molecule has 0 saturated carbocycles. The van der Waals surface area contributed by atoms with E-state index in [1.54, 1.807) is 59.7 Å². The first kappa shape index (κ1) is 24.6.